The van der Waals surface area contributed by atoms with Gasteiger partial charge >= 0.3 is 0 Å². The lowest BCUT2D eigenvalue weighted by atomic mass is 9.68. The molecule has 1 fully saturated rings. The number of benzene rings is 1. The van der Waals surface area contributed by atoms with Gasteiger partial charge in [-0.3, -0.25) is 0 Å². The third-order valence-corrected chi connectivity index (χ3v) is 4.60. The van der Waals surface area contributed by atoms with Crippen molar-refractivity contribution in [3.63, 3.8) is 0 Å². The topological polar surface area (TPSA) is 21.3 Å². The lowest BCUT2D eigenvalue weighted by Gasteiger charge is -2.41. The van der Waals surface area contributed by atoms with Crippen LogP contribution in [0.2, 0.25) is 0 Å². The summed E-state index contributed by atoms with van der Waals surface area (Å²) in [5.41, 5.74) is 1.75. The van der Waals surface area contributed by atoms with Gasteiger partial charge in [-0.2, -0.15) is 0 Å². The number of ether oxygens (including phenoxy) is 1. The molecule has 1 aliphatic rings. The predicted molar refractivity (Wildman–Crippen MR) is 85.2 cm³/mol. The molecular formula is C18H29NO. The summed E-state index contributed by atoms with van der Waals surface area (Å²) in [6.45, 7) is 8.43. The maximum Gasteiger partial charge on any atom is 0.119 e. The van der Waals surface area contributed by atoms with Gasteiger partial charge in [0.05, 0.1) is 6.61 Å². The van der Waals surface area contributed by atoms with Crippen molar-refractivity contribution in [2.45, 2.75) is 58.9 Å². The first kappa shape index (κ1) is 15.4. The van der Waals surface area contributed by atoms with E-state index < -0.39 is 0 Å². The van der Waals surface area contributed by atoms with Crippen LogP contribution in [0.1, 0.15) is 64.5 Å². The van der Waals surface area contributed by atoms with E-state index in [2.05, 4.69) is 43.4 Å². The van der Waals surface area contributed by atoms with Gasteiger partial charge in [-0.05, 0) is 49.4 Å². The Balaban J connectivity index is 2.25. The molecule has 20 heavy (non-hydrogen) atoms. The monoisotopic (exact) mass is 275 g/mol. The molecule has 0 aromatic heterocycles. The van der Waals surface area contributed by atoms with Crippen LogP contribution in [0.3, 0.4) is 0 Å². The van der Waals surface area contributed by atoms with Crippen LogP contribution in [0.15, 0.2) is 24.3 Å². The highest BCUT2D eigenvalue weighted by Crippen LogP contribution is 2.46. The largest absolute Gasteiger partial charge is 0.494 e. The minimum absolute atomic E-state index is 0.374. The standard InChI is InChI=1S/C18H29NO/c1-4-19-17(18(3)12-7-6-8-13-18)15-10-9-11-16(14-15)20-5-2/h9-11,14,17,19H,4-8,12-13H2,1-3H3. The molecule has 1 unspecified atom stereocenters. The Morgan fingerprint density at radius 1 is 1.20 bits per heavy atom. The average molecular weight is 275 g/mol. The van der Waals surface area contributed by atoms with Gasteiger partial charge < -0.3 is 10.1 Å². The molecule has 1 aliphatic carbocycles. The molecule has 2 heteroatoms. The molecule has 0 amide bonds. The molecule has 1 saturated carbocycles. The molecule has 0 saturated heterocycles. The van der Waals surface area contributed by atoms with Gasteiger partial charge in [0.1, 0.15) is 5.75 Å². The summed E-state index contributed by atoms with van der Waals surface area (Å²) in [4.78, 5) is 0. The third-order valence-electron chi connectivity index (χ3n) is 4.60. The SMILES string of the molecule is CCNC(c1cccc(OCC)c1)C1(C)CCCCC1. The Morgan fingerprint density at radius 3 is 2.60 bits per heavy atom. The van der Waals surface area contributed by atoms with Crippen molar-refractivity contribution in [2.24, 2.45) is 5.41 Å². The van der Waals surface area contributed by atoms with Crippen molar-refractivity contribution in [1.82, 2.24) is 5.32 Å². The molecule has 1 aromatic carbocycles. The first-order chi connectivity index (χ1) is 9.69. The van der Waals surface area contributed by atoms with Gasteiger partial charge in [0, 0.05) is 6.04 Å². The van der Waals surface area contributed by atoms with Gasteiger partial charge in [-0.15, -0.1) is 0 Å². The van der Waals surface area contributed by atoms with Crippen molar-refractivity contribution in [1.29, 1.82) is 0 Å². The summed E-state index contributed by atoms with van der Waals surface area (Å²) in [5, 5.41) is 3.72. The fourth-order valence-corrected chi connectivity index (χ4v) is 3.57. The molecule has 2 nitrogen and oxygen atoms in total. The Bertz CT molecular complexity index is 410. The van der Waals surface area contributed by atoms with Crippen LogP contribution >= 0.6 is 0 Å². The Morgan fingerprint density at radius 2 is 1.95 bits per heavy atom. The maximum atomic E-state index is 5.67. The van der Waals surface area contributed by atoms with E-state index in [1.165, 1.54) is 37.7 Å². The number of nitrogens with one attached hydrogen (secondary N) is 1. The molecule has 0 spiro atoms. The molecule has 0 radical (unpaired) electrons. The van der Waals surface area contributed by atoms with Gasteiger partial charge in [0.2, 0.25) is 0 Å². The minimum atomic E-state index is 0.374. The smallest absolute Gasteiger partial charge is 0.119 e. The van der Waals surface area contributed by atoms with Gasteiger partial charge in [-0.1, -0.05) is 45.2 Å². The van der Waals surface area contributed by atoms with Gasteiger partial charge in [-0.25, -0.2) is 0 Å². The van der Waals surface area contributed by atoms with Crippen LogP contribution in [0.4, 0.5) is 0 Å². The Hall–Kier alpha value is -1.02. The quantitative estimate of drug-likeness (QED) is 0.812. The highest BCUT2D eigenvalue weighted by atomic mass is 16.5. The molecule has 1 atom stereocenters. The van der Waals surface area contributed by atoms with Crippen LogP contribution in [-0.2, 0) is 0 Å². The zero-order valence-corrected chi connectivity index (χ0v) is 13.2. The zero-order chi connectivity index (χ0) is 14.4. The van der Waals surface area contributed by atoms with Crippen LogP contribution < -0.4 is 10.1 Å². The van der Waals surface area contributed by atoms with Crippen LogP contribution in [-0.4, -0.2) is 13.2 Å². The summed E-state index contributed by atoms with van der Waals surface area (Å²) in [6.07, 6.45) is 6.77. The van der Waals surface area contributed by atoms with Crippen molar-refractivity contribution >= 4 is 0 Å². The van der Waals surface area contributed by atoms with E-state index in [1.807, 2.05) is 6.92 Å². The number of hydrogen-bond donors (Lipinski definition) is 1. The number of hydrogen-bond acceptors (Lipinski definition) is 2. The third kappa shape index (κ3) is 3.54. The van der Waals surface area contributed by atoms with Crippen LogP contribution in [0, 0.1) is 5.41 Å². The summed E-state index contributed by atoms with van der Waals surface area (Å²) < 4.78 is 5.67. The van der Waals surface area contributed by atoms with E-state index in [0.717, 1.165) is 18.9 Å². The van der Waals surface area contributed by atoms with E-state index in [9.17, 15) is 0 Å². The summed E-state index contributed by atoms with van der Waals surface area (Å²) in [5.74, 6) is 0.993. The van der Waals surface area contributed by atoms with Crippen molar-refractivity contribution in [3.05, 3.63) is 29.8 Å². The van der Waals surface area contributed by atoms with E-state index >= 15 is 0 Å². The summed E-state index contributed by atoms with van der Waals surface area (Å²) >= 11 is 0. The van der Waals surface area contributed by atoms with E-state index in [1.54, 1.807) is 0 Å². The van der Waals surface area contributed by atoms with Crippen LogP contribution in [0.25, 0.3) is 0 Å². The number of rotatable bonds is 6. The van der Waals surface area contributed by atoms with E-state index in [0.29, 0.717) is 11.5 Å². The second-order valence-electron chi connectivity index (χ2n) is 6.21. The normalized spacial score (nSPS) is 19.6. The van der Waals surface area contributed by atoms with E-state index in [4.69, 9.17) is 4.74 Å². The van der Waals surface area contributed by atoms with Crippen molar-refractivity contribution < 1.29 is 4.74 Å². The molecule has 2 rings (SSSR count). The summed E-state index contributed by atoms with van der Waals surface area (Å²) in [6, 6.07) is 9.08. The maximum absolute atomic E-state index is 5.67. The first-order valence-electron chi connectivity index (χ1n) is 8.16. The molecule has 0 bridgehead atoms. The molecule has 1 N–H and O–H groups in total. The Kier molecular flexibility index (Phi) is 5.47. The Labute approximate surface area is 123 Å². The molecule has 0 heterocycles. The van der Waals surface area contributed by atoms with Crippen LogP contribution in [0.5, 0.6) is 5.75 Å². The zero-order valence-electron chi connectivity index (χ0n) is 13.2. The highest BCUT2D eigenvalue weighted by Gasteiger charge is 2.35. The lowest BCUT2D eigenvalue weighted by Crippen LogP contribution is -2.37. The lowest BCUT2D eigenvalue weighted by molar-refractivity contribution is 0.146. The van der Waals surface area contributed by atoms with Crippen molar-refractivity contribution in [3.8, 4) is 5.75 Å². The highest BCUT2D eigenvalue weighted by molar-refractivity contribution is 5.31. The van der Waals surface area contributed by atoms with Gasteiger partial charge in [0.25, 0.3) is 0 Å². The molecule has 1 aromatic rings. The minimum Gasteiger partial charge on any atom is -0.494 e. The fraction of sp³-hybridized carbons (Fsp3) is 0.667. The van der Waals surface area contributed by atoms with Crippen molar-refractivity contribution in [2.75, 3.05) is 13.2 Å². The predicted octanol–water partition coefficient (Wildman–Crippen LogP) is 4.71. The molecule has 112 valence electrons. The van der Waals surface area contributed by atoms with Gasteiger partial charge in [0.15, 0.2) is 0 Å². The second-order valence-corrected chi connectivity index (χ2v) is 6.21. The first-order valence-corrected chi connectivity index (χ1v) is 8.16. The fourth-order valence-electron chi connectivity index (χ4n) is 3.57. The average Bonchev–Trinajstić information content (AvgIpc) is 2.46. The molecular weight excluding hydrogens is 246 g/mol. The second kappa shape index (κ2) is 7.12. The van der Waals surface area contributed by atoms with E-state index in [-0.39, 0.29) is 0 Å². The summed E-state index contributed by atoms with van der Waals surface area (Å²) in [7, 11) is 0. The molecule has 0 aliphatic heterocycles.